The standard InChI is InChI=1S/C15H22ClNO/c1-12-9-13(2)11-17(10-12)7-8-18-15-5-3-14(16)4-6-15/h3-6,12-13H,7-11H2,1-2H3/p+1/t12-,13-/m0/s1. The molecule has 0 amide bonds. The topological polar surface area (TPSA) is 13.7 Å². The molecule has 0 unspecified atom stereocenters. The summed E-state index contributed by atoms with van der Waals surface area (Å²) in [4.78, 5) is 1.68. The van der Waals surface area contributed by atoms with Gasteiger partial charge in [-0.3, -0.25) is 0 Å². The van der Waals surface area contributed by atoms with Crippen LogP contribution in [-0.4, -0.2) is 26.2 Å². The largest absolute Gasteiger partial charge is 0.488 e. The number of quaternary nitrogens is 1. The number of piperidine rings is 1. The minimum Gasteiger partial charge on any atom is -0.488 e. The molecule has 0 aromatic heterocycles. The van der Waals surface area contributed by atoms with Gasteiger partial charge in [0.25, 0.3) is 0 Å². The number of nitrogens with one attached hydrogen (secondary N) is 1. The van der Waals surface area contributed by atoms with Crippen molar-refractivity contribution in [3.63, 3.8) is 0 Å². The van der Waals surface area contributed by atoms with Crippen molar-refractivity contribution < 1.29 is 9.64 Å². The van der Waals surface area contributed by atoms with Crippen molar-refractivity contribution in [3.8, 4) is 5.75 Å². The molecule has 18 heavy (non-hydrogen) atoms. The summed E-state index contributed by atoms with van der Waals surface area (Å²) < 4.78 is 5.75. The predicted octanol–water partition coefficient (Wildman–Crippen LogP) is 2.28. The Hall–Kier alpha value is -0.730. The van der Waals surface area contributed by atoms with E-state index in [1.54, 1.807) is 4.90 Å². The maximum absolute atomic E-state index is 5.84. The highest BCUT2D eigenvalue weighted by molar-refractivity contribution is 6.30. The Kier molecular flexibility index (Phi) is 4.90. The number of benzene rings is 1. The van der Waals surface area contributed by atoms with Crippen molar-refractivity contribution in [2.75, 3.05) is 26.2 Å². The van der Waals surface area contributed by atoms with Crippen molar-refractivity contribution >= 4 is 11.6 Å². The van der Waals surface area contributed by atoms with Crippen LogP contribution in [-0.2, 0) is 0 Å². The van der Waals surface area contributed by atoms with Gasteiger partial charge in [0.2, 0.25) is 0 Å². The summed E-state index contributed by atoms with van der Waals surface area (Å²) in [5.41, 5.74) is 0. The smallest absolute Gasteiger partial charge is 0.137 e. The summed E-state index contributed by atoms with van der Waals surface area (Å²) in [5, 5.41) is 0.756. The molecule has 2 rings (SSSR count). The Labute approximate surface area is 115 Å². The first-order chi connectivity index (χ1) is 8.63. The molecule has 3 heteroatoms. The lowest BCUT2D eigenvalue weighted by atomic mass is 9.92. The van der Waals surface area contributed by atoms with Gasteiger partial charge in [0.1, 0.15) is 18.9 Å². The highest BCUT2D eigenvalue weighted by Gasteiger charge is 2.24. The normalized spacial score (nSPS) is 28.1. The van der Waals surface area contributed by atoms with Gasteiger partial charge in [-0.2, -0.15) is 0 Å². The van der Waals surface area contributed by atoms with Gasteiger partial charge in [0.15, 0.2) is 0 Å². The monoisotopic (exact) mass is 268 g/mol. The van der Waals surface area contributed by atoms with Crippen molar-refractivity contribution in [3.05, 3.63) is 29.3 Å². The van der Waals surface area contributed by atoms with Gasteiger partial charge in [0.05, 0.1) is 13.1 Å². The number of rotatable bonds is 4. The average Bonchev–Trinajstić information content (AvgIpc) is 2.30. The Morgan fingerprint density at radius 2 is 1.78 bits per heavy atom. The van der Waals surface area contributed by atoms with Crippen molar-refractivity contribution in [2.45, 2.75) is 20.3 Å². The van der Waals surface area contributed by atoms with Crippen molar-refractivity contribution in [2.24, 2.45) is 11.8 Å². The molecule has 0 aliphatic carbocycles. The molecule has 0 saturated carbocycles. The summed E-state index contributed by atoms with van der Waals surface area (Å²) in [6, 6.07) is 7.60. The third kappa shape index (κ3) is 4.18. The van der Waals surface area contributed by atoms with Crippen LogP contribution in [0, 0.1) is 11.8 Å². The van der Waals surface area contributed by atoms with E-state index in [0.29, 0.717) is 0 Å². The van der Waals surface area contributed by atoms with Crippen LogP contribution < -0.4 is 9.64 Å². The van der Waals surface area contributed by atoms with Crippen LogP contribution in [0.3, 0.4) is 0 Å². The fraction of sp³-hybridized carbons (Fsp3) is 0.600. The van der Waals surface area contributed by atoms with E-state index in [0.717, 1.165) is 35.8 Å². The van der Waals surface area contributed by atoms with Gasteiger partial charge in [-0.25, -0.2) is 0 Å². The number of ether oxygens (including phenoxy) is 1. The Bertz CT molecular complexity index is 355. The fourth-order valence-electron chi connectivity index (χ4n) is 2.97. The zero-order chi connectivity index (χ0) is 13.0. The minimum absolute atomic E-state index is 0.756. The zero-order valence-corrected chi connectivity index (χ0v) is 12.0. The van der Waals surface area contributed by atoms with E-state index in [1.165, 1.54) is 19.5 Å². The molecule has 1 aliphatic heterocycles. The maximum Gasteiger partial charge on any atom is 0.137 e. The van der Waals surface area contributed by atoms with E-state index in [2.05, 4.69) is 13.8 Å². The van der Waals surface area contributed by atoms with Crippen molar-refractivity contribution in [1.29, 1.82) is 0 Å². The summed E-state index contributed by atoms with van der Waals surface area (Å²) in [7, 11) is 0. The van der Waals surface area contributed by atoms with Gasteiger partial charge in [0, 0.05) is 16.9 Å². The third-order valence-electron chi connectivity index (χ3n) is 3.62. The third-order valence-corrected chi connectivity index (χ3v) is 3.87. The summed E-state index contributed by atoms with van der Waals surface area (Å²) in [6.07, 6.45) is 1.38. The molecule has 1 heterocycles. The van der Waals surface area contributed by atoms with E-state index in [-0.39, 0.29) is 0 Å². The van der Waals surface area contributed by atoms with E-state index in [1.807, 2.05) is 24.3 Å². The second-order valence-electron chi connectivity index (χ2n) is 5.66. The Balaban J connectivity index is 1.73. The van der Waals surface area contributed by atoms with Crippen LogP contribution in [0.2, 0.25) is 5.02 Å². The molecule has 0 bridgehead atoms. The van der Waals surface area contributed by atoms with Crippen LogP contribution in [0.4, 0.5) is 0 Å². The molecule has 1 fully saturated rings. The summed E-state index contributed by atoms with van der Waals surface area (Å²) in [5.74, 6) is 2.61. The van der Waals surface area contributed by atoms with Gasteiger partial charge in [-0.15, -0.1) is 0 Å². The molecular weight excluding hydrogens is 246 g/mol. The number of hydrogen-bond donors (Lipinski definition) is 1. The number of hydrogen-bond acceptors (Lipinski definition) is 1. The van der Waals surface area contributed by atoms with Crippen LogP contribution in [0.15, 0.2) is 24.3 Å². The highest BCUT2D eigenvalue weighted by atomic mass is 35.5. The molecular formula is C15H23ClNO+. The van der Waals surface area contributed by atoms with Crippen LogP contribution in [0.1, 0.15) is 20.3 Å². The average molecular weight is 269 g/mol. The van der Waals surface area contributed by atoms with Gasteiger partial charge >= 0.3 is 0 Å². The molecule has 1 aromatic rings. The molecule has 1 saturated heterocycles. The fourth-order valence-corrected chi connectivity index (χ4v) is 3.10. The van der Waals surface area contributed by atoms with Crippen LogP contribution in [0.5, 0.6) is 5.75 Å². The van der Waals surface area contributed by atoms with Crippen LogP contribution >= 0.6 is 11.6 Å². The first kappa shape index (κ1) is 13.7. The molecule has 0 spiro atoms. The first-order valence-electron chi connectivity index (χ1n) is 6.85. The SMILES string of the molecule is C[C@H]1C[C@H](C)C[NH+](CCOc2ccc(Cl)cc2)C1. The van der Waals surface area contributed by atoms with Gasteiger partial charge < -0.3 is 9.64 Å². The Morgan fingerprint density at radius 1 is 1.17 bits per heavy atom. The highest BCUT2D eigenvalue weighted by Crippen LogP contribution is 2.15. The zero-order valence-electron chi connectivity index (χ0n) is 11.3. The molecule has 0 radical (unpaired) electrons. The predicted molar refractivity (Wildman–Crippen MR) is 75.5 cm³/mol. The molecule has 1 aliphatic rings. The molecule has 100 valence electrons. The Morgan fingerprint density at radius 3 is 2.39 bits per heavy atom. The first-order valence-corrected chi connectivity index (χ1v) is 7.23. The van der Waals surface area contributed by atoms with E-state index >= 15 is 0 Å². The van der Waals surface area contributed by atoms with E-state index < -0.39 is 0 Å². The number of halogens is 1. The quantitative estimate of drug-likeness (QED) is 0.885. The molecule has 1 N–H and O–H groups in total. The number of likely N-dealkylation sites (tertiary alicyclic amines) is 1. The van der Waals surface area contributed by atoms with Gasteiger partial charge in [-0.05, 0) is 30.7 Å². The van der Waals surface area contributed by atoms with Crippen LogP contribution in [0.25, 0.3) is 0 Å². The second-order valence-corrected chi connectivity index (χ2v) is 6.09. The van der Waals surface area contributed by atoms with E-state index in [9.17, 15) is 0 Å². The lowest BCUT2D eigenvalue weighted by Gasteiger charge is -2.31. The minimum atomic E-state index is 0.756. The second kappa shape index (κ2) is 6.44. The lowest BCUT2D eigenvalue weighted by molar-refractivity contribution is -0.912. The van der Waals surface area contributed by atoms with Crippen molar-refractivity contribution in [1.82, 2.24) is 0 Å². The summed E-state index contributed by atoms with van der Waals surface area (Å²) in [6.45, 7) is 9.17. The van der Waals surface area contributed by atoms with E-state index in [4.69, 9.17) is 16.3 Å². The molecule has 2 atom stereocenters. The summed E-state index contributed by atoms with van der Waals surface area (Å²) >= 11 is 5.84. The molecule has 2 nitrogen and oxygen atoms in total. The molecule has 1 aromatic carbocycles. The lowest BCUT2D eigenvalue weighted by Crippen LogP contribution is -3.14. The maximum atomic E-state index is 5.84. The van der Waals surface area contributed by atoms with Gasteiger partial charge in [-0.1, -0.05) is 25.4 Å².